The number of carboxylic acid groups (broad SMARTS) is 1. The van der Waals surface area contributed by atoms with Gasteiger partial charge in [0.25, 0.3) is 5.91 Å². The average molecular weight is 410 g/mol. The Labute approximate surface area is 173 Å². The van der Waals surface area contributed by atoms with E-state index in [0.29, 0.717) is 28.7 Å². The highest BCUT2D eigenvalue weighted by atomic mass is 16.5. The zero-order chi connectivity index (χ0) is 21.7. The largest absolute Gasteiger partial charge is 0.493 e. The summed E-state index contributed by atoms with van der Waals surface area (Å²) in [5.41, 5.74) is 1.30. The molecule has 8 heteroatoms. The summed E-state index contributed by atoms with van der Waals surface area (Å²) in [6.07, 6.45) is -0.349. The predicted octanol–water partition coefficient (Wildman–Crippen LogP) is 3.61. The molecule has 0 aliphatic rings. The predicted molar refractivity (Wildman–Crippen MR) is 109 cm³/mol. The van der Waals surface area contributed by atoms with E-state index in [9.17, 15) is 14.7 Å². The molecule has 8 nitrogen and oxygen atoms in total. The molecule has 3 rings (SSSR count). The monoisotopic (exact) mass is 410 g/mol. The molecule has 0 saturated heterocycles. The number of para-hydroxylation sites is 1. The summed E-state index contributed by atoms with van der Waals surface area (Å²) in [6, 6.07) is 13.4. The van der Waals surface area contributed by atoms with Gasteiger partial charge in [-0.05, 0) is 25.1 Å². The second kappa shape index (κ2) is 9.13. The number of amides is 1. The number of carbonyl (C=O) groups is 2. The lowest BCUT2D eigenvalue weighted by Crippen LogP contribution is -2.31. The number of hydrogen-bond acceptors (Lipinski definition) is 6. The molecule has 30 heavy (non-hydrogen) atoms. The van der Waals surface area contributed by atoms with Gasteiger partial charge in [-0.3, -0.25) is 9.59 Å². The molecule has 0 fully saturated rings. The lowest BCUT2D eigenvalue weighted by atomic mass is 10.0. The summed E-state index contributed by atoms with van der Waals surface area (Å²) in [5.74, 6) is -0.191. The number of nitrogens with one attached hydrogen (secondary N) is 1. The molecule has 1 aromatic heterocycles. The van der Waals surface area contributed by atoms with Crippen LogP contribution in [0, 0.1) is 6.92 Å². The Balaban J connectivity index is 1.92. The number of oxazole rings is 1. The molecule has 1 atom stereocenters. The van der Waals surface area contributed by atoms with Gasteiger partial charge >= 0.3 is 5.97 Å². The maximum atomic E-state index is 12.9. The van der Waals surface area contributed by atoms with E-state index in [1.807, 2.05) is 30.3 Å². The molecular formula is C22H22N2O6. The van der Waals surface area contributed by atoms with Crippen LogP contribution in [0.4, 0.5) is 0 Å². The van der Waals surface area contributed by atoms with E-state index in [1.165, 1.54) is 14.2 Å². The molecule has 0 bridgehead atoms. The first kappa shape index (κ1) is 20.9. The fourth-order valence-corrected chi connectivity index (χ4v) is 3.14. The van der Waals surface area contributed by atoms with E-state index < -0.39 is 17.9 Å². The highest BCUT2D eigenvalue weighted by Crippen LogP contribution is 2.36. The fourth-order valence-electron chi connectivity index (χ4n) is 3.14. The molecule has 2 N–H and O–H groups in total. The van der Waals surface area contributed by atoms with Crippen molar-refractivity contribution in [3.63, 3.8) is 0 Å². The zero-order valence-electron chi connectivity index (χ0n) is 16.8. The molecule has 2 aromatic carbocycles. The summed E-state index contributed by atoms with van der Waals surface area (Å²) < 4.78 is 16.3. The molecular weight excluding hydrogens is 388 g/mol. The minimum absolute atomic E-state index is 0.0890. The van der Waals surface area contributed by atoms with Crippen LogP contribution in [0.3, 0.4) is 0 Å². The second-order valence-corrected chi connectivity index (χ2v) is 6.50. The number of nitrogens with zero attached hydrogens (tertiary/aromatic N) is 1. The fraction of sp³-hybridized carbons (Fsp3) is 0.227. The van der Waals surface area contributed by atoms with Crippen LogP contribution >= 0.6 is 0 Å². The molecule has 1 unspecified atom stereocenters. The van der Waals surface area contributed by atoms with Crippen molar-refractivity contribution < 1.29 is 28.6 Å². The van der Waals surface area contributed by atoms with Gasteiger partial charge in [-0.2, -0.15) is 0 Å². The Morgan fingerprint density at radius 1 is 1.10 bits per heavy atom. The van der Waals surface area contributed by atoms with Gasteiger partial charge in [0.2, 0.25) is 5.89 Å². The first-order chi connectivity index (χ1) is 14.4. The maximum Gasteiger partial charge on any atom is 0.305 e. The van der Waals surface area contributed by atoms with Gasteiger partial charge in [0, 0.05) is 11.1 Å². The molecule has 0 saturated carbocycles. The van der Waals surface area contributed by atoms with Gasteiger partial charge in [-0.15, -0.1) is 0 Å². The Kier molecular flexibility index (Phi) is 6.36. The van der Waals surface area contributed by atoms with E-state index in [4.69, 9.17) is 13.9 Å². The summed E-state index contributed by atoms with van der Waals surface area (Å²) in [6.45, 7) is 1.63. The third-order valence-electron chi connectivity index (χ3n) is 4.53. The van der Waals surface area contributed by atoms with Gasteiger partial charge < -0.3 is 24.3 Å². The van der Waals surface area contributed by atoms with Crippen molar-refractivity contribution in [2.75, 3.05) is 14.2 Å². The number of aryl methyl sites for hydroxylation is 1. The Morgan fingerprint density at radius 3 is 2.47 bits per heavy atom. The number of hydrogen-bond donors (Lipinski definition) is 2. The number of methoxy groups -OCH3 is 2. The average Bonchev–Trinajstić information content (AvgIpc) is 3.14. The summed E-state index contributed by atoms with van der Waals surface area (Å²) in [4.78, 5) is 28.7. The molecule has 0 radical (unpaired) electrons. The quantitative estimate of drug-likeness (QED) is 0.583. The summed E-state index contributed by atoms with van der Waals surface area (Å²) >= 11 is 0. The Morgan fingerprint density at radius 2 is 1.83 bits per heavy atom. The SMILES string of the molecule is COc1cccc(C(CC(=O)O)NC(=O)c2nc(-c3ccccc3)oc2C)c1OC. The standard InChI is InChI=1S/C22H22N2O6/c1-13-19(24-22(30-13)14-8-5-4-6-9-14)21(27)23-16(12-18(25)26)15-10-7-11-17(28-2)20(15)29-3/h4-11,16H,12H2,1-3H3,(H,23,27)(H,25,26). The third-order valence-corrected chi connectivity index (χ3v) is 4.53. The topological polar surface area (TPSA) is 111 Å². The normalized spacial score (nSPS) is 11.6. The van der Waals surface area contributed by atoms with Crippen molar-refractivity contribution in [3.8, 4) is 23.0 Å². The second-order valence-electron chi connectivity index (χ2n) is 6.50. The number of benzene rings is 2. The number of aromatic nitrogens is 1. The lowest BCUT2D eigenvalue weighted by molar-refractivity contribution is -0.137. The minimum Gasteiger partial charge on any atom is -0.493 e. The van der Waals surface area contributed by atoms with Gasteiger partial charge in [0.15, 0.2) is 17.2 Å². The van der Waals surface area contributed by atoms with Crippen LogP contribution in [-0.4, -0.2) is 36.2 Å². The van der Waals surface area contributed by atoms with Gasteiger partial charge in [0.05, 0.1) is 26.7 Å². The number of rotatable bonds is 8. The van der Waals surface area contributed by atoms with Crippen LogP contribution in [0.2, 0.25) is 0 Å². The first-order valence-corrected chi connectivity index (χ1v) is 9.21. The highest BCUT2D eigenvalue weighted by Gasteiger charge is 2.26. The van der Waals surface area contributed by atoms with Crippen molar-refractivity contribution in [2.45, 2.75) is 19.4 Å². The van der Waals surface area contributed by atoms with Crippen LogP contribution in [0.25, 0.3) is 11.5 Å². The molecule has 1 heterocycles. The van der Waals surface area contributed by atoms with Crippen molar-refractivity contribution in [1.82, 2.24) is 10.3 Å². The number of carboxylic acids is 1. The van der Waals surface area contributed by atoms with Gasteiger partial charge in [0.1, 0.15) is 5.76 Å². The smallest absolute Gasteiger partial charge is 0.305 e. The minimum atomic E-state index is -1.08. The van der Waals surface area contributed by atoms with Crippen molar-refractivity contribution in [1.29, 1.82) is 0 Å². The van der Waals surface area contributed by atoms with Crippen LogP contribution < -0.4 is 14.8 Å². The molecule has 0 spiro atoms. The van der Waals surface area contributed by atoms with Crippen LogP contribution in [0.1, 0.15) is 34.3 Å². The van der Waals surface area contributed by atoms with Crippen LogP contribution in [0.15, 0.2) is 52.9 Å². The molecule has 0 aliphatic carbocycles. The first-order valence-electron chi connectivity index (χ1n) is 9.21. The molecule has 1 amide bonds. The van der Waals surface area contributed by atoms with Crippen molar-refractivity contribution in [3.05, 3.63) is 65.5 Å². The molecule has 156 valence electrons. The van der Waals surface area contributed by atoms with E-state index >= 15 is 0 Å². The van der Waals surface area contributed by atoms with E-state index in [2.05, 4.69) is 10.3 Å². The third kappa shape index (κ3) is 4.43. The Hall–Kier alpha value is -3.81. The van der Waals surface area contributed by atoms with Crippen LogP contribution in [0.5, 0.6) is 11.5 Å². The maximum absolute atomic E-state index is 12.9. The van der Waals surface area contributed by atoms with Gasteiger partial charge in [-0.25, -0.2) is 4.98 Å². The van der Waals surface area contributed by atoms with E-state index in [0.717, 1.165) is 5.56 Å². The number of ether oxygens (including phenoxy) is 2. The molecule has 0 aliphatic heterocycles. The van der Waals surface area contributed by atoms with E-state index in [1.54, 1.807) is 25.1 Å². The van der Waals surface area contributed by atoms with Crippen molar-refractivity contribution >= 4 is 11.9 Å². The van der Waals surface area contributed by atoms with E-state index in [-0.39, 0.29) is 12.1 Å². The summed E-state index contributed by atoms with van der Waals surface area (Å²) in [5, 5.41) is 12.1. The van der Waals surface area contributed by atoms with Gasteiger partial charge in [-0.1, -0.05) is 30.3 Å². The van der Waals surface area contributed by atoms with Crippen molar-refractivity contribution in [2.24, 2.45) is 0 Å². The number of aliphatic carboxylic acids is 1. The summed E-state index contributed by atoms with van der Waals surface area (Å²) in [7, 11) is 2.94. The zero-order valence-corrected chi connectivity index (χ0v) is 16.8. The lowest BCUT2D eigenvalue weighted by Gasteiger charge is -2.21. The highest BCUT2D eigenvalue weighted by molar-refractivity contribution is 5.94. The van der Waals surface area contributed by atoms with Crippen LogP contribution in [-0.2, 0) is 4.79 Å². The number of carbonyl (C=O) groups excluding carboxylic acids is 1. The molecule has 3 aromatic rings. The Bertz CT molecular complexity index is 1050.